The summed E-state index contributed by atoms with van der Waals surface area (Å²) in [5, 5.41) is 5.15. The molecule has 0 aliphatic heterocycles. The molecular weight excluding hydrogens is 538 g/mol. The fraction of sp³-hybridized carbons (Fsp3) is 0.172. The van der Waals surface area contributed by atoms with Crippen molar-refractivity contribution in [2.45, 2.75) is 20.8 Å². The quantitative estimate of drug-likeness (QED) is 0.223. The minimum absolute atomic E-state index is 0.206. The molecule has 3 aromatic carbocycles. The third-order valence-electron chi connectivity index (χ3n) is 5.59. The highest BCUT2D eigenvalue weighted by Crippen LogP contribution is 2.38. The van der Waals surface area contributed by atoms with Gasteiger partial charge in [0.05, 0.1) is 11.1 Å². The van der Waals surface area contributed by atoms with Gasteiger partial charge in [0.15, 0.2) is 6.61 Å². The number of ether oxygens (including phenoxy) is 2. The molecule has 184 valence electrons. The first-order valence-corrected chi connectivity index (χ1v) is 13.2. The van der Waals surface area contributed by atoms with Crippen LogP contribution in [0.2, 0.25) is 0 Å². The SMILES string of the molecule is CCOC(=O)c1c(-c2ccc(C)cc2C)csc1NC(=O)COc1ccc(-c2ccccc2)cc1Br. The van der Waals surface area contributed by atoms with Crippen molar-refractivity contribution in [2.75, 3.05) is 18.5 Å². The second kappa shape index (κ2) is 11.5. The molecule has 1 aromatic heterocycles. The van der Waals surface area contributed by atoms with Crippen LogP contribution in [-0.2, 0) is 9.53 Å². The number of halogens is 1. The Morgan fingerprint density at radius 3 is 2.42 bits per heavy atom. The third-order valence-corrected chi connectivity index (χ3v) is 7.11. The Morgan fingerprint density at radius 1 is 0.944 bits per heavy atom. The number of esters is 1. The average Bonchev–Trinajstić information content (AvgIpc) is 3.27. The topological polar surface area (TPSA) is 64.6 Å². The first kappa shape index (κ1) is 25.7. The number of hydrogen-bond acceptors (Lipinski definition) is 5. The second-order valence-corrected chi connectivity index (χ2v) is 9.97. The number of benzene rings is 3. The van der Waals surface area contributed by atoms with Crippen LogP contribution in [-0.4, -0.2) is 25.1 Å². The molecule has 0 spiro atoms. The molecule has 4 rings (SSSR count). The Balaban J connectivity index is 1.50. The molecular formula is C29H26BrNO4S. The summed E-state index contributed by atoms with van der Waals surface area (Å²) in [6, 6.07) is 21.8. The van der Waals surface area contributed by atoms with Crippen LogP contribution in [0.15, 0.2) is 76.6 Å². The van der Waals surface area contributed by atoms with Crippen molar-refractivity contribution in [3.8, 4) is 28.0 Å². The zero-order valence-electron chi connectivity index (χ0n) is 20.3. The summed E-state index contributed by atoms with van der Waals surface area (Å²) in [5.41, 5.74) is 6.34. The fourth-order valence-electron chi connectivity index (χ4n) is 3.90. The van der Waals surface area contributed by atoms with E-state index >= 15 is 0 Å². The number of rotatable bonds is 8. The van der Waals surface area contributed by atoms with Gasteiger partial charge in [-0.25, -0.2) is 4.79 Å². The van der Waals surface area contributed by atoms with Crippen molar-refractivity contribution in [1.29, 1.82) is 0 Å². The average molecular weight is 565 g/mol. The van der Waals surface area contributed by atoms with Gasteiger partial charge in [0.2, 0.25) is 0 Å². The predicted octanol–water partition coefficient (Wildman–Crippen LogP) is 7.66. The van der Waals surface area contributed by atoms with Crippen LogP contribution >= 0.6 is 27.3 Å². The van der Waals surface area contributed by atoms with Gasteiger partial charge < -0.3 is 14.8 Å². The lowest BCUT2D eigenvalue weighted by Crippen LogP contribution is -2.21. The van der Waals surface area contributed by atoms with Gasteiger partial charge in [0.1, 0.15) is 16.3 Å². The van der Waals surface area contributed by atoms with E-state index in [-0.39, 0.29) is 19.1 Å². The monoisotopic (exact) mass is 563 g/mol. The summed E-state index contributed by atoms with van der Waals surface area (Å²) < 4.78 is 11.8. The Bertz CT molecular complexity index is 1400. The summed E-state index contributed by atoms with van der Waals surface area (Å²) in [7, 11) is 0. The van der Waals surface area contributed by atoms with Gasteiger partial charge in [-0.05, 0) is 71.1 Å². The van der Waals surface area contributed by atoms with Crippen LogP contribution in [0.3, 0.4) is 0 Å². The van der Waals surface area contributed by atoms with Gasteiger partial charge in [-0.15, -0.1) is 11.3 Å². The normalized spacial score (nSPS) is 10.7. The van der Waals surface area contributed by atoms with Gasteiger partial charge in [-0.2, -0.15) is 0 Å². The van der Waals surface area contributed by atoms with Crippen LogP contribution in [0.25, 0.3) is 22.3 Å². The number of carbonyl (C=O) groups is 2. The molecule has 1 amide bonds. The van der Waals surface area contributed by atoms with Crippen molar-refractivity contribution in [1.82, 2.24) is 0 Å². The zero-order valence-corrected chi connectivity index (χ0v) is 22.7. The molecule has 0 saturated carbocycles. The third kappa shape index (κ3) is 5.86. The number of amides is 1. The van der Waals surface area contributed by atoms with Gasteiger partial charge >= 0.3 is 5.97 Å². The largest absolute Gasteiger partial charge is 0.483 e. The lowest BCUT2D eigenvalue weighted by atomic mass is 9.97. The molecule has 0 fully saturated rings. The number of anilines is 1. The van der Waals surface area contributed by atoms with Crippen LogP contribution in [0.1, 0.15) is 28.4 Å². The molecule has 0 atom stereocenters. The minimum Gasteiger partial charge on any atom is -0.483 e. The van der Waals surface area contributed by atoms with E-state index in [1.807, 2.05) is 79.9 Å². The molecule has 0 aliphatic carbocycles. The molecule has 0 bridgehead atoms. The van der Waals surface area contributed by atoms with Crippen LogP contribution < -0.4 is 10.1 Å². The molecule has 5 nitrogen and oxygen atoms in total. The summed E-state index contributed by atoms with van der Waals surface area (Å²) in [4.78, 5) is 25.6. The van der Waals surface area contributed by atoms with E-state index in [0.29, 0.717) is 16.3 Å². The Morgan fingerprint density at radius 2 is 1.72 bits per heavy atom. The van der Waals surface area contributed by atoms with Gasteiger partial charge in [-0.3, -0.25) is 4.79 Å². The molecule has 0 unspecified atom stereocenters. The molecule has 36 heavy (non-hydrogen) atoms. The number of carbonyl (C=O) groups excluding carboxylic acids is 2. The molecule has 7 heteroatoms. The number of nitrogens with one attached hydrogen (secondary N) is 1. The molecule has 4 aromatic rings. The minimum atomic E-state index is -0.468. The van der Waals surface area contributed by atoms with E-state index in [0.717, 1.165) is 37.9 Å². The van der Waals surface area contributed by atoms with E-state index < -0.39 is 5.97 Å². The highest BCUT2D eigenvalue weighted by molar-refractivity contribution is 9.10. The van der Waals surface area contributed by atoms with Crippen LogP contribution in [0, 0.1) is 13.8 Å². The number of thiophene rings is 1. The maximum absolute atomic E-state index is 12.8. The summed E-state index contributed by atoms with van der Waals surface area (Å²) in [6.07, 6.45) is 0. The maximum atomic E-state index is 12.8. The van der Waals surface area contributed by atoms with E-state index in [2.05, 4.69) is 27.3 Å². The summed E-state index contributed by atoms with van der Waals surface area (Å²) >= 11 is 4.83. The first-order valence-electron chi connectivity index (χ1n) is 11.5. The van der Waals surface area contributed by atoms with E-state index in [4.69, 9.17) is 9.47 Å². The smallest absolute Gasteiger partial charge is 0.341 e. The maximum Gasteiger partial charge on any atom is 0.341 e. The Labute approximate surface area is 223 Å². The number of aryl methyl sites for hydroxylation is 2. The van der Waals surface area contributed by atoms with Crippen molar-refractivity contribution in [3.05, 3.63) is 93.3 Å². The lowest BCUT2D eigenvalue weighted by Gasteiger charge is -2.12. The molecule has 0 radical (unpaired) electrons. The molecule has 1 heterocycles. The van der Waals surface area contributed by atoms with Crippen molar-refractivity contribution < 1.29 is 19.1 Å². The second-order valence-electron chi connectivity index (χ2n) is 8.24. The molecule has 0 aliphatic rings. The van der Waals surface area contributed by atoms with Crippen molar-refractivity contribution in [3.63, 3.8) is 0 Å². The Hall–Kier alpha value is -3.42. The summed E-state index contributed by atoms with van der Waals surface area (Å²) in [5.74, 6) is -0.282. The van der Waals surface area contributed by atoms with Crippen molar-refractivity contribution >= 4 is 44.1 Å². The molecule has 1 N–H and O–H groups in total. The zero-order chi connectivity index (χ0) is 25.7. The highest BCUT2D eigenvalue weighted by Gasteiger charge is 2.24. The first-order chi connectivity index (χ1) is 17.4. The Kier molecular flexibility index (Phi) is 8.23. The van der Waals surface area contributed by atoms with Gasteiger partial charge in [0.25, 0.3) is 5.91 Å². The lowest BCUT2D eigenvalue weighted by molar-refractivity contribution is -0.118. The molecule has 0 saturated heterocycles. The standard InChI is InChI=1S/C29H26BrNO4S/c1-4-34-29(33)27-23(22-12-10-18(2)14-19(22)3)17-36-28(27)31-26(32)16-35-25-13-11-21(15-24(25)30)20-8-6-5-7-9-20/h5-15,17H,4,16H2,1-3H3,(H,31,32). The van der Waals surface area contributed by atoms with Gasteiger partial charge in [0, 0.05) is 10.9 Å². The fourth-order valence-corrected chi connectivity index (χ4v) is 5.36. The van der Waals surface area contributed by atoms with E-state index in [1.165, 1.54) is 11.3 Å². The number of hydrogen-bond donors (Lipinski definition) is 1. The van der Waals surface area contributed by atoms with Gasteiger partial charge in [-0.1, -0.05) is 60.2 Å². The van der Waals surface area contributed by atoms with Crippen LogP contribution in [0.5, 0.6) is 5.75 Å². The van der Waals surface area contributed by atoms with E-state index in [1.54, 1.807) is 6.92 Å². The summed E-state index contributed by atoms with van der Waals surface area (Å²) in [6.45, 7) is 5.82. The predicted molar refractivity (Wildman–Crippen MR) is 149 cm³/mol. The highest BCUT2D eigenvalue weighted by atomic mass is 79.9. The van der Waals surface area contributed by atoms with E-state index in [9.17, 15) is 9.59 Å². The van der Waals surface area contributed by atoms with Crippen molar-refractivity contribution in [2.24, 2.45) is 0 Å². The van der Waals surface area contributed by atoms with Crippen LogP contribution in [0.4, 0.5) is 5.00 Å².